The highest BCUT2D eigenvalue weighted by Crippen LogP contribution is 2.21. The quantitative estimate of drug-likeness (QED) is 0.709. The standard InChI is InChI=1S/C20H23F2N3O4S/c1-29-17-5-2-15(3-6-17)13-23-20(26)14-24-8-10-25(11-9-24)30(27,28)19-12-16(21)4-7-18(19)22/h2-7,12H,8-11,13-14H2,1H3,(H,23,26). The fraction of sp³-hybridized carbons (Fsp3) is 0.350. The Morgan fingerprint density at radius 3 is 2.37 bits per heavy atom. The zero-order chi connectivity index (χ0) is 21.7. The van der Waals surface area contributed by atoms with Crippen molar-refractivity contribution in [3.8, 4) is 5.75 Å². The summed E-state index contributed by atoms with van der Waals surface area (Å²) in [6.07, 6.45) is 0. The first kappa shape index (κ1) is 22.1. The Morgan fingerprint density at radius 2 is 1.73 bits per heavy atom. The molecule has 3 rings (SSSR count). The van der Waals surface area contributed by atoms with Crippen molar-refractivity contribution in [2.24, 2.45) is 0 Å². The maximum atomic E-state index is 13.9. The number of sulfonamides is 1. The average Bonchev–Trinajstić information content (AvgIpc) is 2.74. The van der Waals surface area contributed by atoms with Gasteiger partial charge in [-0.15, -0.1) is 0 Å². The van der Waals surface area contributed by atoms with Crippen LogP contribution in [0.3, 0.4) is 0 Å². The summed E-state index contributed by atoms with van der Waals surface area (Å²) in [6, 6.07) is 9.68. The molecule has 2 aromatic carbocycles. The largest absolute Gasteiger partial charge is 0.497 e. The Bertz CT molecular complexity index is 992. The summed E-state index contributed by atoms with van der Waals surface area (Å²) in [7, 11) is -2.56. The maximum absolute atomic E-state index is 13.9. The van der Waals surface area contributed by atoms with E-state index in [2.05, 4.69) is 5.32 Å². The number of nitrogens with zero attached hydrogens (tertiary/aromatic N) is 2. The highest BCUT2D eigenvalue weighted by atomic mass is 32.2. The van der Waals surface area contributed by atoms with Gasteiger partial charge >= 0.3 is 0 Å². The molecule has 0 spiro atoms. The van der Waals surface area contributed by atoms with Crippen LogP contribution >= 0.6 is 0 Å². The van der Waals surface area contributed by atoms with Crippen molar-refractivity contribution in [2.45, 2.75) is 11.4 Å². The Hall–Kier alpha value is -2.56. The van der Waals surface area contributed by atoms with Gasteiger partial charge in [0.05, 0.1) is 13.7 Å². The number of carbonyl (C=O) groups excluding carboxylic acids is 1. The highest BCUT2D eigenvalue weighted by molar-refractivity contribution is 7.89. The Balaban J connectivity index is 1.50. The molecule has 0 aliphatic carbocycles. The minimum absolute atomic E-state index is 0.0873. The van der Waals surface area contributed by atoms with Gasteiger partial charge in [0.25, 0.3) is 0 Å². The number of benzene rings is 2. The number of amides is 1. The summed E-state index contributed by atoms with van der Waals surface area (Å²) in [6.45, 7) is 1.29. The van der Waals surface area contributed by atoms with E-state index in [1.165, 1.54) is 0 Å². The van der Waals surface area contributed by atoms with Gasteiger partial charge in [0.2, 0.25) is 15.9 Å². The highest BCUT2D eigenvalue weighted by Gasteiger charge is 2.31. The number of hydrogen-bond donors (Lipinski definition) is 1. The molecule has 30 heavy (non-hydrogen) atoms. The fourth-order valence-corrected chi connectivity index (χ4v) is 4.64. The zero-order valence-electron chi connectivity index (χ0n) is 16.5. The lowest BCUT2D eigenvalue weighted by Crippen LogP contribution is -2.51. The molecule has 1 N–H and O–H groups in total. The predicted octanol–water partition coefficient (Wildman–Crippen LogP) is 1.60. The van der Waals surface area contributed by atoms with E-state index in [4.69, 9.17) is 4.74 Å². The van der Waals surface area contributed by atoms with Gasteiger partial charge in [0, 0.05) is 32.7 Å². The van der Waals surface area contributed by atoms with Crippen molar-refractivity contribution in [3.05, 3.63) is 59.7 Å². The minimum atomic E-state index is -4.14. The lowest BCUT2D eigenvalue weighted by Gasteiger charge is -2.33. The Kier molecular flexibility index (Phi) is 7.01. The monoisotopic (exact) mass is 439 g/mol. The molecule has 1 heterocycles. The molecule has 0 bridgehead atoms. The third-order valence-corrected chi connectivity index (χ3v) is 6.77. The van der Waals surface area contributed by atoms with Gasteiger partial charge in [-0.2, -0.15) is 4.31 Å². The van der Waals surface area contributed by atoms with Gasteiger partial charge < -0.3 is 10.1 Å². The number of carbonyl (C=O) groups is 1. The number of nitrogens with one attached hydrogen (secondary N) is 1. The van der Waals surface area contributed by atoms with Crippen LogP contribution in [0, 0.1) is 11.6 Å². The topological polar surface area (TPSA) is 79.0 Å². The van der Waals surface area contributed by atoms with Gasteiger partial charge in [-0.05, 0) is 35.9 Å². The van der Waals surface area contributed by atoms with Crippen molar-refractivity contribution in [1.82, 2.24) is 14.5 Å². The lowest BCUT2D eigenvalue weighted by molar-refractivity contribution is -0.122. The first-order valence-electron chi connectivity index (χ1n) is 9.37. The molecule has 0 radical (unpaired) electrons. The van der Waals surface area contributed by atoms with E-state index in [9.17, 15) is 22.0 Å². The molecule has 7 nitrogen and oxygen atoms in total. The SMILES string of the molecule is COc1ccc(CNC(=O)CN2CCN(S(=O)(=O)c3cc(F)ccc3F)CC2)cc1. The van der Waals surface area contributed by atoms with Crippen molar-refractivity contribution < 1.29 is 26.7 Å². The van der Waals surface area contributed by atoms with Crippen molar-refractivity contribution in [2.75, 3.05) is 39.8 Å². The summed E-state index contributed by atoms with van der Waals surface area (Å²) in [4.78, 5) is 13.3. The van der Waals surface area contributed by atoms with Crippen LogP contribution in [0.25, 0.3) is 0 Å². The molecule has 1 aliphatic heterocycles. The van der Waals surface area contributed by atoms with Gasteiger partial charge in [0.15, 0.2) is 0 Å². The molecular formula is C20H23F2N3O4S. The van der Waals surface area contributed by atoms with Crippen LogP contribution < -0.4 is 10.1 Å². The smallest absolute Gasteiger partial charge is 0.246 e. The van der Waals surface area contributed by atoms with Gasteiger partial charge in [-0.3, -0.25) is 9.69 Å². The van der Waals surface area contributed by atoms with Crippen molar-refractivity contribution in [1.29, 1.82) is 0 Å². The van der Waals surface area contributed by atoms with Crippen LogP contribution in [-0.2, 0) is 21.4 Å². The van der Waals surface area contributed by atoms with Crippen molar-refractivity contribution >= 4 is 15.9 Å². The molecule has 0 unspecified atom stereocenters. The summed E-state index contributed by atoms with van der Waals surface area (Å²) in [5.41, 5.74) is 0.928. The van der Waals surface area contributed by atoms with E-state index in [1.54, 1.807) is 7.11 Å². The third-order valence-electron chi connectivity index (χ3n) is 4.86. The van der Waals surface area contributed by atoms with Crippen LogP contribution in [0.4, 0.5) is 8.78 Å². The second-order valence-electron chi connectivity index (χ2n) is 6.88. The molecule has 1 amide bonds. The number of ether oxygens (including phenoxy) is 1. The normalized spacial score (nSPS) is 15.7. The van der Waals surface area contributed by atoms with E-state index >= 15 is 0 Å². The summed E-state index contributed by atoms with van der Waals surface area (Å²) in [5, 5.41) is 2.82. The Labute approximate surface area is 174 Å². The second kappa shape index (κ2) is 9.50. The maximum Gasteiger partial charge on any atom is 0.246 e. The first-order valence-corrected chi connectivity index (χ1v) is 10.8. The minimum Gasteiger partial charge on any atom is -0.497 e. The molecular weight excluding hydrogens is 416 g/mol. The number of piperazine rings is 1. The van der Waals surface area contributed by atoms with E-state index in [0.717, 1.165) is 27.8 Å². The summed E-state index contributed by atoms with van der Waals surface area (Å²) < 4.78 is 58.7. The predicted molar refractivity (Wildman–Crippen MR) is 106 cm³/mol. The molecule has 0 atom stereocenters. The van der Waals surface area contributed by atoms with E-state index < -0.39 is 26.6 Å². The molecule has 0 aromatic heterocycles. The lowest BCUT2D eigenvalue weighted by atomic mass is 10.2. The Morgan fingerprint density at radius 1 is 1.07 bits per heavy atom. The third kappa shape index (κ3) is 5.32. The van der Waals surface area contributed by atoms with Gasteiger partial charge in [0.1, 0.15) is 22.3 Å². The number of rotatable bonds is 7. The fourth-order valence-electron chi connectivity index (χ4n) is 3.14. The van der Waals surface area contributed by atoms with E-state index in [1.807, 2.05) is 29.2 Å². The summed E-state index contributed by atoms with van der Waals surface area (Å²) in [5.74, 6) is -1.26. The van der Waals surface area contributed by atoms with Crippen molar-refractivity contribution in [3.63, 3.8) is 0 Å². The van der Waals surface area contributed by atoms with Crippen LogP contribution in [0.5, 0.6) is 5.75 Å². The molecule has 0 saturated carbocycles. The van der Waals surface area contributed by atoms with Gasteiger partial charge in [-0.25, -0.2) is 17.2 Å². The zero-order valence-corrected chi connectivity index (χ0v) is 17.3. The van der Waals surface area contributed by atoms with Gasteiger partial charge in [-0.1, -0.05) is 12.1 Å². The summed E-state index contributed by atoms with van der Waals surface area (Å²) >= 11 is 0. The molecule has 162 valence electrons. The molecule has 1 aliphatic rings. The number of hydrogen-bond acceptors (Lipinski definition) is 5. The van der Waals surface area contributed by atoms with Crippen LogP contribution in [0.1, 0.15) is 5.56 Å². The van der Waals surface area contributed by atoms with Crippen LogP contribution in [-0.4, -0.2) is 63.4 Å². The first-order chi connectivity index (χ1) is 14.3. The molecule has 2 aromatic rings. The van der Waals surface area contributed by atoms with E-state index in [-0.39, 0.29) is 25.5 Å². The van der Waals surface area contributed by atoms with Crippen LogP contribution in [0.15, 0.2) is 47.4 Å². The second-order valence-corrected chi connectivity index (χ2v) is 8.79. The number of halogens is 2. The molecule has 1 fully saturated rings. The number of methoxy groups -OCH3 is 1. The molecule has 10 heteroatoms. The average molecular weight is 439 g/mol. The molecule has 1 saturated heterocycles. The van der Waals surface area contributed by atoms with E-state index in [0.29, 0.717) is 25.7 Å². The van der Waals surface area contributed by atoms with Crippen LogP contribution in [0.2, 0.25) is 0 Å².